The summed E-state index contributed by atoms with van der Waals surface area (Å²) in [7, 11) is 0. The summed E-state index contributed by atoms with van der Waals surface area (Å²) in [6.45, 7) is 6.37. The molecule has 0 saturated heterocycles. The number of nitrogens with two attached hydrogens (primary N) is 1. The number of carbonyl (C=O) groups excluding carboxylic acids is 1. The smallest absolute Gasteiger partial charge is 0.242 e. The van der Waals surface area contributed by atoms with Gasteiger partial charge in [-0.3, -0.25) is 4.79 Å². The van der Waals surface area contributed by atoms with Crippen LogP contribution in [0.2, 0.25) is 0 Å². The molecule has 108 valence electrons. The molecule has 1 aromatic rings. The Morgan fingerprint density at radius 1 is 1.42 bits per heavy atom. The van der Waals surface area contributed by atoms with Crippen LogP contribution in [-0.2, 0) is 11.3 Å². The van der Waals surface area contributed by atoms with Gasteiger partial charge in [-0.2, -0.15) is 0 Å². The van der Waals surface area contributed by atoms with Gasteiger partial charge in [0.05, 0.1) is 17.9 Å². The van der Waals surface area contributed by atoms with E-state index >= 15 is 0 Å². The quantitative estimate of drug-likeness (QED) is 0.745. The van der Waals surface area contributed by atoms with Crippen molar-refractivity contribution in [2.45, 2.75) is 65.1 Å². The summed E-state index contributed by atoms with van der Waals surface area (Å²) >= 11 is 0. The molecule has 0 bridgehead atoms. The lowest BCUT2D eigenvalue weighted by atomic mass is 10.1. The van der Waals surface area contributed by atoms with Gasteiger partial charge < -0.3 is 11.1 Å². The van der Waals surface area contributed by atoms with E-state index in [1.54, 1.807) is 10.9 Å². The molecule has 1 amide bonds. The van der Waals surface area contributed by atoms with E-state index in [0.717, 1.165) is 31.4 Å². The molecule has 0 aliphatic rings. The van der Waals surface area contributed by atoms with Gasteiger partial charge in [0.1, 0.15) is 6.54 Å². The molecule has 19 heavy (non-hydrogen) atoms. The molecule has 0 fully saturated rings. The zero-order valence-corrected chi connectivity index (χ0v) is 12.1. The first kappa shape index (κ1) is 15.6. The number of amides is 1. The maximum atomic E-state index is 11.8. The Morgan fingerprint density at radius 3 is 2.74 bits per heavy atom. The van der Waals surface area contributed by atoms with Gasteiger partial charge >= 0.3 is 0 Å². The van der Waals surface area contributed by atoms with Crippen LogP contribution in [0.3, 0.4) is 0 Å². The van der Waals surface area contributed by atoms with Crippen molar-refractivity contribution < 1.29 is 4.79 Å². The number of nitrogens with zero attached hydrogens (tertiary/aromatic N) is 3. The number of hydrogen-bond donors (Lipinski definition) is 2. The SMILES string of the molecule is CCCC(C)NC(=O)Cn1cc(C(N)CCC)nn1. The summed E-state index contributed by atoms with van der Waals surface area (Å²) < 4.78 is 1.54. The Morgan fingerprint density at radius 2 is 2.11 bits per heavy atom. The third-order valence-electron chi connectivity index (χ3n) is 2.97. The van der Waals surface area contributed by atoms with Crippen molar-refractivity contribution >= 4 is 5.91 Å². The summed E-state index contributed by atoms with van der Waals surface area (Å²) in [6, 6.07) is 0.101. The van der Waals surface area contributed by atoms with E-state index in [9.17, 15) is 4.79 Å². The van der Waals surface area contributed by atoms with Crippen molar-refractivity contribution in [3.63, 3.8) is 0 Å². The van der Waals surface area contributed by atoms with Gasteiger partial charge in [0.2, 0.25) is 5.91 Å². The summed E-state index contributed by atoms with van der Waals surface area (Å²) in [5.41, 5.74) is 6.70. The molecule has 0 aromatic carbocycles. The second kappa shape index (κ2) is 7.89. The number of hydrogen-bond acceptors (Lipinski definition) is 4. The molecule has 0 spiro atoms. The zero-order chi connectivity index (χ0) is 14.3. The average Bonchev–Trinajstić information content (AvgIpc) is 2.77. The van der Waals surface area contributed by atoms with E-state index in [1.165, 1.54) is 0 Å². The van der Waals surface area contributed by atoms with Crippen molar-refractivity contribution in [3.8, 4) is 0 Å². The monoisotopic (exact) mass is 267 g/mol. The maximum Gasteiger partial charge on any atom is 0.242 e. The Kier molecular flexibility index (Phi) is 6.49. The van der Waals surface area contributed by atoms with E-state index in [1.807, 2.05) is 6.92 Å². The van der Waals surface area contributed by atoms with Crippen LogP contribution in [0.1, 0.15) is 58.2 Å². The number of rotatable bonds is 8. The lowest BCUT2D eigenvalue weighted by Crippen LogP contribution is -2.35. The molecule has 2 atom stereocenters. The molecule has 0 aliphatic heterocycles. The van der Waals surface area contributed by atoms with Crippen molar-refractivity contribution in [1.29, 1.82) is 0 Å². The van der Waals surface area contributed by atoms with Crippen molar-refractivity contribution in [2.24, 2.45) is 5.73 Å². The highest BCUT2D eigenvalue weighted by atomic mass is 16.2. The van der Waals surface area contributed by atoms with Gasteiger partial charge in [-0.05, 0) is 19.8 Å². The molecule has 1 rings (SSSR count). The van der Waals surface area contributed by atoms with Gasteiger partial charge in [0.25, 0.3) is 0 Å². The second-order valence-corrected chi connectivity index (χ2v) is 4.99. The van der Waals surface area contributed by atoms with Gasteiger partial charge in [0, 0.05) is 6.04 Å². The fraction of sp³-hybridized carbons (Fsp3) is 0.769. The summed E-state index contributed by atoms with van der Waals surface area (Å²) in [5, 5.41) is 10.9. The lowest BCUT2D eigenvalue weighted by Gasteiger charge is -2.12. The Bertz CT molecular complexity index is 390. The summed E-state index contributed by atoms with van der Waals surface area (Å²) in [6.07, 6.45) is 5.67. The molecule has 6 heteroatoms. The Hall–Kier alpha value is -1.43. The van der Waals surface area contributed by atoms with Gasteiger partial charge in [0.15, 0.2) is 0 Å². The molecular weight excluding hydrogens is 242 g/mol. The highest BCUT2D eigenvalue weighted by Gasteiger charge is 2.12. The van der Waals surface area contributed by atoms with Crippen LogP contribution in [0.15, 0.2) is 6.20 Å². The van der Waals surface area contributed by atoms with Crippen LogP contribution in [0.25, 0.3) is 0 Å². The van der Waals surface area contributed by atoms with Crippen LogP contribution < -0.4 is 11.1 Å². The molecule has 0 saturated carbocycles. The molecular formula is C13H25N5O. The minimum Gasteiger partial charge on any atom is -0.352 e. The maximum absolute atomic E-state index is 11.8. The van der Waals surface area contributed by atoms with E-state index < -0.39 is 0 Å². The van der Waals surface area contributed by atoms with Gasteiger partial charge in [-0.25, -0.2) is 4.68 Å². The molecule has 3 N–H and O–H groups in total. The highest BCUT2D eigenvalue weighted by Crippen LogP contribution is 2.11. The largest absolute Gasteiger partial charge is 0.352 e. The number of aromatic nitrogens is 3. The van der Waals surface area contributed by atoms with E-state index in [2.05, 4.69) is 29.5 Å². The third-order valence-corrected chi connectivity index (χ3v) is 2.97. The van der Waals surface area contributed by atoms with Crippen molar-refractivity contribution in [1.82, 2.24) is 20.3 Å². The summed E-state index contributed by atoms with van der Waals surface area (Å²) in [4.78, 5) is 11.8. The topological polar surface area (TPSA) is 85.8 Å². The normalized spacial score (nSPS) is 14.1. The molecule has 0 aliphatic carbocycles. The van der Waals surface area contributed by atoms with Crippen LogP contribution >= 0.6 is 0 Å². The minimum absolute atomic E-state index is 0.0403. The van der Waals surface area contributed by atoms with Crippen LogP contribution in [-0.4, -0.2) is 26.9 Å². The fourth-order valence-electron chi connectivity index (χ4n) is 1.99. The average molecular weight is 267 g/mol. The van der Waals surface area contributed by atoms with Crippen LogP contribution in [0.5, 0.6) is 0 Å². The molecule has 1 aromatic heterocycles. The minimum atomic E-state index is -0.0965. The number of carbonyl (C=O) groups is 1. The lowest BCUT2D eigenvalue weighted by molar-refractivity contribution is -0.122. The molecule has 2 unspecified atom stereocenters. The predicted octanol–water partition coefficient (Wildman–Crippen LogP) is 1.38. The van der Waals surface area contributed by atoms with Crippen molar-refractivity contribution in [3.05, 3.63) is 11.9 Å². The molecule has 6 nitrogen and oxygen atoms in total. The van der Waals surface area contributed by atoms with E-state index in [-0.39, 0.29) is 24.5 Å². The Labute approximate surface area is 114 Å². The van der Waals surface area contributed by atoms with Crippen molar-refractivity contribution in [2.75, 3.05) is 0 Å². The standard InChI is InChI=1S/C13H25N5O/c1-4-6-10(3)15-13(19)9-18-8-12(16-17-18)11(14)7-5-2/h8,10-11H,4-7,9,14H2,1-3H3,(H,15,19). The Balaban J connectivity index is 2.47. The third kappa shape index (κ3) is 5.38. The first-order valence-corrected chi connectivity index (χ1v) is 7.01. The summed E-state index contributed by atoms with van der Waals surface area (Å²) in [5.74, 6) is -0.0403. The fourth-order valence-corrected chi connectivity index (χ4v) is 1.99. The van der Waals surface area contributed by atoms with Crippen LogP contribution in [0.4, 0.5) is 0 Å². The second-order valence-electron chi connectivity index (χ2n) is 4.99. The van der Waals surface area contributed by atoms with Crippen LogP contribution in [0, 0.1) is 0 Å². The van der Waals surface area contributed by atoms with Gasteiger partial charge in [-0.15, -0.1) is 5.10 Å². The first-order valence-electron chi connectivity index (χ1n) is 7.01. The zero-order valence-electron chi connectivity index (χ0n) is 12.1. The molecule has 0 radical (unpaired) electrons. The molecule has 1 heterocycles. The van der Waals surface area contributed by atoms with Gasteiger partial charge in [-0.1, -0.05) is 31.9 Å². The van der Waals surface area contributed by atoms with E-state index in [0.29, 0.717) is 0 Å². The number of nitrogens with one attached hydrogen (secondary N) is 1. The first-order chi connectivity index (χ1) is 9.06. The highest BCUT2D eigenvalue weighted by molar-refractivity contribution is 5.75. The predicted molar refractivity (Wildman–Crippen MR) is 74.4 cm³/mol. The van der Waals surface area contributed by atoms with E-state index in [4.69, 9.17) is 5.73 Å².